The Morgan fingerprint density at radius 2 is 2.07 bits per heavy atom. The number of ether oxygens (including phenoxy) is 1. The number of hydrogen-bond acceptors (Lipinski definition) is 4. The lowest BCUT2D eigenvalue weighted by atomic mass is 10.0. The van der Waals surface area contributed by atoms with Gasteiger partial charge in [0.15, 0.2) is 0 Å². The van der Waals surface area contributed by atoms with Gasteiger partial charge in [0, 0.05) is 0 Å². The molecule has 4 nitrogen and oxygen atoms in total. The van der Waals surface area contributed by atoms with Gasteiger partial charge in [-0.3, -0.25) is 0 Å². The molecule has 0 radical (unpaired) electrons. The van der Waals surface area contributed by atoms with E-state index in [9.17, 15) is 10.2 Å². The van der Waals surface area contributed by atoms with Crippen LogP contribution in [0.15, 0.2) is 24.3 Å². The summed E-state index contributed by atoms with van der Waals surface area (Å²) in [6, 6.07) is 6.82. The van der Waals surface area contributed by atoms with Gasteiger partial charge in [-0.05, 0) is 24.6 Å². The van der Waals surface area contributed by atoms with Gasteiger partial charge in [-0.25, -0.2) is 0 Å². The second-order valence-corrected chi connectivity index (χ2v) is 3.20. The van der Waals surface area contributed by atoms with Crippen LogP contribution in [0.3, 0.4) is 0 Å². The minimum absolute atomic E-state index is 0.472. The van der Waals surface area contributed by atoms with Crippen molar-refractivity contribution in [2.75, 3.05) is 13.2 Å². The molecule has 0 saturated carbocycles. The van der Waals surface area contributed by atoms with Crippen LogP contribution in [-0.2, 0) is 0 Å². The van der Waals surface area contributed by atoms with E-state index in [4.69, 9.17) is 9.84 Å². The molecule has 0 amide bonds. The van der Waals surface area contributed by atoms with Crippen LogP contribution < -0.4 is 4.74 Å². The Labute approximate surface area is 88.8 Å². The molecule has 2 atom stereocenters. The molecule has 0 bridgehead atoms. The summed E-state index contributed by atoms with van der Waals surface area (Å²) in [6.45, 7) is 1.94. The van der Waals surface area contributed by atoms with E-state index in [-0.39, 0.29) is 0 Å². The van der Waals surface area contributed by atoms with E-state index in [2.05, 4.69) is 0 Å². The summed E-state index contributed by atoms with van der Waals surface area (Å²) in [4.78, 5) is 0. The highest BCUT2D eigenvalue weighted by atomic mass is 16.5. The molecule has 1 aromatic rings. The maximum absolute atomic E-state index is 9.62. The van der Waals surface area contributed by atoms with Crippen LogP contribution in [0.2, 0.25) is 0 Å². The number of benzene rings is 1. The van der Waals surface area contributed by atoms with Crippen LogP contribution in [0, 0.1) is 0 Å². The van der Waals surface area contributed by atoms with E-state index in [0.717, 1.165) is 0 Å². The van der Waals surface area contributed by atoms with E-state index in [1.807, 2.05) is 6.92 Å². The number of rotatable bonds is 5. The predicted molar refractivity (Wildman–Crippen MR) is 55.7 cm³/mol. The zero-order valence-electron chi connectivity index (χ0n) is 8.63. The van der Waals surface area contributed by atoms with Crippen molar-refractivity contribution < 1.29 is 20.1 Å². The summed E-state index contributed by atoms with van der Waals surface area (Å²) in [6.07, 6.45) is -2.25. The van der Waals surface area contributed by atoms with E-state index in [1.54, 1.807) is 24.3 Å². The molecule has 4 heteroatoms. The first-order chi connectivity index (χ1) is 7.19. The minimum Gasteiger partial charge on any atom is -0.494 e. The van der Waals surface area contributed by atoms with Crippen LogP contribution >= 0.6 is 0 Å². The quantitative estimate of drug-likeness (QED) is 0.663. The lowest BCUT2D eigenvalue weighted by molar-refractivity contribution is -0.0153. The Kier molecular flexibility index (Phi) is 4.55. The van der Waals surface area contributed by atoms with E-state index < -0.39 is 18.8 Å². The first-order valence-electron chi connectivity index (χ1n) is 4.88. The van der Waals surface area contributed by atoms with Gasteiger partial charge in [-0.1, -0.05) is 12.1 Å². The van der Waals surface area contributed by atoms with Crippen LogP contribution in [-0.4, -0.2) is 34.6 Å². The molecule has 0 aliphatic carbocycles. The highest BCUT2D eigenvalue weighted by Crippen LogP contribution is 2.21. The fourth-order valence-electron chi connectivity index (χ4n) is 1.28. The molecule has 0 fully saturated rings. The number of aliphatic hydroxyl groups excluding tert-OH is 3. The Morgan fingerprint density at radius 3 is 2.67 bits per heavy atom. The molecule has 0 spiro atoms. The van der Waals surface area contributed by atoms with E-state index in [1.165, 1.54) is 0 Å². The Bertz CT molecular complexity index is 300. The molecule has 3 N–H and O–H groups in total. The van der Waals surface area contributed by atoms with Gasteiger partial charge in [0.05, 0.1) is 13.2 Å². The Balaban J connectivity index is 2.80. The average Bonchev–Trinajstić information content (AvgIpc) is 2.28. The monoisotopic (exact) mass is 212 g/mol. The van der Waals surface area contributed by atoms with Crippen molar-refractivity contribution in [2.24, 2.45) is 0 Å². The van der Waals surface area contributed by atoms with Crippen molar-refractivity contribution in [3.05, 3.63) is 29.8 Å². The lowest BCUT2D eigenvalue weighted by Crippen LogP contribution is -2.21. The third-order valence-corrected chi connectivity index (χ3v) is 2.06. The van der Waals surface area contributed by atoms with Gasteiger partial charge < -0.3 is 20.1 Å². The van der Waals surface area contributed by atoms with Crippen LogP contribution in [0.4, 0.5) is 0 Å². The summed E-state index contributed by atoms with van der Waals surface area (Å²) in [5, 5.41) is 27.6. The van der Waals surface area contributed by atoms with Gasteiger partial charge in [-0.2, -0.15) is 0 Å². The van der Waals surface area contributed by atoms with E-state index >= 15 is 0 Å². The van der Waals surface area contributed by atoms with Gasteiger partial charge in [0.2, 0.25) is 0 Å². The smallest absolute Gasteiger partial charge is 0.119 e. The van der Waals surface area contributed by atoms with Gasteiger partial charge in [0.1, 0.15) is 18.0 Å². The minimum atomic E-state index is -1.16. The highest BCUT2D eigenvalue weighted by molar-refractivity contribution is 5.30. The first-order valence-corrected chi connectivity index (χ1v) is 4.88. The largest absolute Gasteiger partial charge is 0.494 e. The molecular formula is C11H16O4. The molecule has 0 saturated heterocycles. The summed E-state index contributed by atoms with van der Waals surface area (Å²) in [7, 11) is 0. The van der Waals surface area contributed by atoms with Crippen LogP contribution in [0.25, 0.3) is 0 Å². The standard InChI is InChI=1S/C11H16O4/c1-2-15-9-5-3-4-8(6-9)11(14)10(13)7-12/h3-6,10-14H,2,7H2,1H3. The van der Waals surface area contributed by atoms with Crippen molar-refractivity contribution in [2.45, 2.75) is 19.1 Å². The van der Waals surface area contributed by atoms with Crippen molar-refractivity contribution in [3.63, 3.8) is 0 Å². The summed E-state index contributed by atoms with van der Waals surface area (Å²) in [5.41, 5.74) is 0.530. The Hall–Kier alpha value is -1.10. The third-order valence-electron chi connectivity index (χ3n) is 2.06. The normalized spacial score (nSPS) is 14.7. The van der Waals surface area contributed by atoms with Gasteiger partial charge in [-0.15, -0.1) is 0 Å². The second-order valence-electron chi connectivity index (χ2n) is 3.20. The molecule has 0 heterocycles. The fraction of sp³-hybridized carbons (Fsp3) is 0.455. The maximum Gasteiger partial charge on any atom is 0.119 e. The molecule has 0 aliphatic rings. The summed E-state index contributed by atoms with van der Waals surface area (Å²) >= 11 is 0. The summed E-state index contributed by atoms with van der Waals surface area (Å²) in [5.74, 6) is 0.638. The highest BCUT2D eigenvalue weighted by Gasteiger charge is 2.17. The SMILES string of the molecule is CCOc1cccc(C(O)C(O)CO)c1. The molecule has 1 rings (SSSR count). The predicted octanol–water partition coefficient (Wildman–Crippen LogP) is 0.472. The van der Waals surface area contributed by atoms with Crippen LogP contribution in [0.5, 0.6) is 5.75 Å². The van der Waals surface area contributed by atoms with Crippen molar-refractivity contribution in [1.82, 2.24) is 0 Å². The number of hydrogen-bond donors (Lipinski definition) is 3. The Morgan fingerprint density at radius 1 is 1.33 bits per heavy atom. The van der Waals surface area contributed by atoms with E-state index in [0.29, 0.717) is 17.9 Å². The zero-order chi connectivity index (χ0) is 11.3. The van der Waals surface area contributed by atoms with Crippen molar-refractivity contribution in [3.8, 4) is 5.75 Å². The van der Waals surface area contributed by atoms with Crippen LogP contribution in [0.1, 0.15) is 18.6 Å². The first kappa shape index (κ1) is 12.0. The third kappa shape index (κ3) is 3.20. The molecular weight excluding hydrogens is 196 g/mol. The molecule has 84 valence electrons. The zero-order valence-corrected chi connectivity index (χ0v) is 8.63. The molecule has 0 aromatic heterocycles. The average molecular weight is 212 g/mol. The topological polar surface area (TPSA) is 69.9 Å². The van der Waals surface area contributed by atoms with Gasteiger partial charge in [0.25, 0.3) is 0 Å². The summed E-state index contributed by atoms with van der Waals surface area (Å²) < 4.78 is 5.25. The molecule has 1 aromatic carbocycles. The van der Waals surface area contributed by atoms with Gasteiger partial charge >= 0.3 is 0 Å². The lowest BCUT2D eigenvalue weighted by Gasteiger charge is -2.16. The molecule has 0 aliphatic heterocycles. The van der Waals surface area contributed by atoms with Crippen molar-refractivity contribution >= 4 is 0 Å². The fourth-order valence-corrected chi connectivity index (χ4v) is 1.28. The maximum atomic E-state index is 9.62. The second kappa shape index (κ2) is 5.70. The number of aliphatic hydroxyl groups is 3. The molecule has 2 unspecified atom stereocenters. The van der Waals surface area contributed by atoms with Crippen molar-refractivity contribution in [1.29, 1.82) is 0 Å². The molecule has 15 heavy (non-hydrogen) atoms.